The van der Waals surface area contributed by atoms with Crippen molar-refractivity contribution in [2.75, 3.05) is 12.4 Å². The second kappa shape index (κ2) is 6.75. The predicted molar refractivity (Wildman–Crippen MR) is 89.8 cm³/mol. The molecule has 1 N–H and O–H groups in total. The lowest BCUT2D eigenvalue weighted by molar-refractivity contribution is 0.101. The molecule has 2 aromatic carbocycles. The van der Waals surface area contributed by atoms with Crippen LogP contribution < -0.4 is 10.1 Å². The maximum atomic E-state index is 12.5. The van der Waals surface area contributed by atoms with Crippen molar-refractivity contribution in [3.63, 3.8) is 0 Å². The first-order chi connectivity index (χ1) is 10.4. The minimum Gasteiger partial charge on any atom is -0.496 e. The molecular weight excluding hydrogens is 346 g/mol. The van der Waals surface area contributed by atoms with Gasteiger partial charge in [0.25, 0.3) is 5.91 Å². The molecular formula is C17H16BrNO3. The zero-order valence-corrected chi connectivity index (χ0v) is 14.2. The summed E-state index contributed by atoms with van der Waals surface area (Å²) in [6.07, 6.45) is 0. The Bertz CT molecular complexity index is 741. The van der Waals surface area contributed by atoms with E-state index < -0.39 is 0 Å². The fourth-order valence-electron chi connectivity index (χ4n) is 2.02. The van der Waals surface area contributed by atoms with Gasteiger partial charge in [0, 0.05) is 15.7 Å². The molecule has 2 rings (SSSR count). The summed E-state index contributed by atoms with van der Waals surface area (Å²) in [7, 11) is 1.52. The van der Waals surface area contributed by atoms with Gasteiger partial charge in [-0.1, -0.05) is 28.1 Å². The quantitative estimate of drug-likeness (QED) is 0.829. The monoisotopic (exact) mass is 361 g/mol. The summed E-state index contributed by atoms with van der Waals surface area (Å²) in [4.78, 5) is 24.0. The van der Waals surface area contributed by atoms with Crippen LogP contribution >= 0.6 is 15.9 Å². The van der Waals surface area contributed by atoms with Crippen LogP contribution in [0.5, 0.6) is 5.75 Å². The molecule has 0 spiro atoms. The number of rotatable bonds is 4. The normalized spacial score (nSPS) is 10.2. The number of carbonyl (C=O) groups is 2. The number of hydrogen-bond donors (Lipinski definition) is 1. The average molecular weight is 362 g/mol. The van der Waals surface area contributed by atoms with Gasteiger partial charge in [-0.25, -0.2) is 0 Å². The van der Waals surface area contributed by atoms with Gasteiger partial charge in [-0.3, -0.25) is 9.59 Å². The molecule has 0 aliphatic carbocycles. The van der Waals surface area contributed by atoms with E-state index >= 15 is 0 Å². The topological polar surface area (TPSA) is 55.4 Å². The van der Waals surface area contributed by atoms with Crippen LogP contribution in [0, 0.1) is 6.92 Å². The molecule has 0 aliphatic rings. The number of methoxy groups -OCH3 is 1. The van der Waals surface area contributed by atoms with Crippen LogP contribution in [0.3, 0.4) is 0 Å². The highest BCUT2D eigenvalue weighted by Crippen LogP contribution is 2.25. The maximum absolute atomic E-state index is 12.5. The lowest BCUT2D eigenvalue weighted by atomic mass is 10.1. The van der Waals surface area contributed by atoms with Gasteiger partial charge >= 0.3 is 0 Å². The number of benzene rings is 2. The van der Waals surface area contributed by atoms with Crippen LogP contribution in [0.15, 0.2) is 40.9 Å². The largest absolute Gasteiger partial charge is 0.496 e. The van der Waals surface area contributed by atoms with Crippen molar-refractivity contribution in [2.45, 2.75) is 13.8 Å². The molecule has 114 valence electrons. The number of amides is 1. The second-order valence-corrected chi connectivity index (χ2v) is 5.80. The number of hydrogen-bond acceptors (Lipinski definition) is 3. The first kappa shape index (κ1) is 16.2. The summed E-state index contributed by atoms with van der Waals surface area (Å²) in [6.45, 7) is 3.37. The Morgan fingerprint density at radius 3 is 2.50 bits per heavy atom. The Hall–Kier alpha value is -2.14. The molecule has 0 aromatic heterocycles. The van der Waals surface area contributed by atoms with Crippen LogP contribution in [0.25, 0.3) is 0 Å². The summed E-state index contributed by atoms with van der Waals surface area (Å²) >= 11 is 3.34. The van der Waals surface area contributed by atoms with Crippen LogP contribution in [-0.2, 0) is 0 Å². The molecule has 2 aromatic rings. The molecule has 0 fully saturated rings. The molecule has 0 saturated carbocycles. The highest BCUT2D eigenvalue weighted by molar-refractivity contribution is 9.10. The van der Waals surface area contributed by atoms with E-state index in [0.29, 0.717) is 22.6 Å². The summed E-state index contributed by atoms with van der Waals surface area (Å²) in [5.74, 6) is 0.151. The Morgan fingerprint density at radius 2 is 1.86 bits per heavy atom. The van der Waals surface area contributed by atoms with Crippen LogP contribution in [-0.4, -0.2) is 18.8 Å². The lowest BCUT2D eigenvalue weighted by Crippen LogP contribution is -2.14. The number of anilines is 1. The van der Waals surface area contributed by atoms with E-state index in [1.54, 1.807) is 30.3 Å². The predicted octanol–water partition coefficient (Wildman–Crippen LogP) is 4.22. The molecule has 22 heavy (non-hydrogen) atoms. The Kier molecular flexibility index (Phi) is 4.98. The van der Waals surface area contributed by atoms with Crippen molar-refractivity contribution in [3.05, 3.63) is 57.6 Å². The summed E-state index contributed by atoms with van der Waals surface area (Å²) in [5.41, 5.74) is 2.47. The molecule has 0 unspecified atom stereocenters. The number of ketones is 1. The summed E-state index contributed by atoms with van der Waals surface area (Å²) < 4.78 is 6.00. The number of carbonyl (C=O) groups excluding carboxylic acids is 2. The Balaban J connectivity index is 2.35. The van der Waals surface area contributed by atoms with Crippen molar-refractivity contribution < 1.29 is 14.3 Å². The van der Waals surface area contributed by atoms with Crippen LogP contribution in [0.1, 0.15) is 33.2 Å². The second-order valence-electron chi connectivity index (χ2n) is 4.88. The van der Waals surface area contributed by atoms with Crippen LogP contribution in [0.2, 0.25) is 0 Å². The van der Waals surface area contributed by atoms with E-state index in [0.717, 1.165) is 10.0 Å². The smallest absolute Gasteiger partial charge is 0.259 e. The molecule has 0 radical (unpaired) electrons. The fraction of sp³-hybridized carbons (Fsp3) is 0.176. The van der Waals surface area contributed by atoms with Crippen molar-refractivity contribution in [2.24, 2.45) is 0 Å². The molecule has 5 heteroatoms. The van der Waals surface area contributed by atoms with Crippen molar-refractivity contribution in [1.82, 2.24) is 0 Å². The molecule has 0 saturated heterocycles. The molecule has 0 atom stereocenters. The highest BCUT2D eigenvalue weighted by atomic mass is 79.9. The average Bonchev–Trinajstić information content (AvgIpc) is 2.49. The number of aryl methyl sites for hydroxylation is 1. The van der Waals surface area contributed by atoms with E-state index in [-0.39, 0.29) is 11.7 Å². The molecule has 0 bridgehead atoms. The highest BCUT2D eigenvalue weighted by Gasteiger charge is 2.14. The number of ether oxygens (including phenoxy) is 1. The van der Waals surface area contributed by atoms with Gasteiger partial charge < -0.3 is 10.1 Å². The van der Waals surface area contributed by atoms with Crippen LogP contribution in [0.4, 0.5) is 5.69 Å². The van der Waals surface area contributed by atoms with E-state index in [1.165, 1.54) is 14.0 Å². The van der Waals surface area contributed by atoms with Gasteiger partial charge in [0.05, 0.1) is 12.7 Å². The number of halogens is 1. The van der Waals surface area contributed by atoms with Gasteiger partial charge in [0.15, 0.2) is 5.78 Å². The lowest BCUT2D eigenvalue weighted by Gasteiger charge is -2.12. The number of Topliss-reactive ketones (excluding diaryl/α,β-unsaturated/α-hetero) is 1. The van der Waals surface area contributed by atoms with Gasteiger partial charge in [-0.05, 0) is 43.7 Å². The standard InChI is InChI=1S/C17H16BrNO3/c1-10-4-5-12(11(2)20)8-15(10)19-17(21)14-9-13(18)6-7-16(14)22-3/h4-9H,1-3H3,(H,19,21). The van der Waals surface area contributed by atoms with E-state index in [9.17, 15) is 9.59 Å². The van der Waals surface area contributed by atoms with Crippen molar-refractivity contribution in [1.29, 1.82) is 0 Å². The minimum absolute atomic E-state index is 0.0458. The molecule has 0 heterocycles. The first-order valence-corrected chi connectivity index (χ1v) is 7.48. The fourth-order valence-corrected chi connectivity index (χ4v) is 2.38. The molecule has 4 nitrogen and oxygen atoms in total. The number of nitrogens with one attached hydrogen (secondary N) is 1. The zero-order chi connectivity index (χ0) is 16.3. The third-order valence-corrected chi connectivity index (χ3v) is 3.79. The SMILES string of the molecule is COc1ccc(Br)cc1C(=O)Nc1cc(C(C)=O)ccc1C. The summed E-state index contributed by atoms with van der Waals surface area (Å²) in [6, 6.07) is 10.4. The molecule has 0 aliphatic heterocycles. The molecule has 1 amide bonds. The maximum Gasteiger partial charge on any atom is 0.259 e. The Labute approximate surface area is 137 Å². The summed E-state index contributed by atoms with van der Waals surface area (Å²) in [5, 5.41) is 2.83. The van der Waals surface area contributed by atoms with Crippen molar-refractivity contribution >= 4 is 33.3 Å². The van der Waals surface area contributed by atoms with E-state index in [2.05, 4.69) is 21.2 Å². The zero-order valence-electron chi connectivity index (χ0n) is 12.6. The van der Waals surface area contributed by atoms with Gasteiger partial charge in [-0.15, -0.1) is 0 Å². The van der Waals surface area contributed by atoms with Gasteiger partial charge in [-0.2, -0.15) is 0 Å². The first-order valence-electron chi connectivity index (χ1n) is 6.69. The van der Waals surface area contributed by atoms with Crippen molar-refractivity contribution in [3.8, 4) is 5.75 Å². The third kappa shape index (κ3) is 3.54. The van der Waals surface area contributed by atoms with Gasteiger partial charge in [0.2, 0.25) is 0 Å². The van der Waals surface area contributed by atoms with Gasteiger partial charge in [0.1, 0.15) is 5.75 Å². The van der Waals surface area contributed by atoms with E-state index in [4.69, 9.17) is 4.74 Å². The Morgan fingerprint density at radius 1 is 1.14 bits per heavy atom. The minimum atomic E-state index is -0.290. The van der Waals surface area contributed by atoms with E-state index in [1.807, 2.05) is 13.0 Å². The third-order valence-electron chi connectivity index (χ3n) is 3.30.